The van der Waals surface area contributed by atoms with E-state index >= 15 is 0 Å². The van der Waals surface area contributed by atoms with Gasteiger partial charge in [-0.1, -0.05) is 18.2 Å². The maximum Gasteiger partial charge on any atom is 0.243 e. The molecule has 0 aliphatic carbocycles. The van der Waals surface area contributed by atoms with Crippen LogP contribution in [0.15, 0.2) is 18.2 Å². The third kappa shape index (κ3) is 5.28. The van der Waals surface area contributed by atoms with Crippen molar-refractivity contribution in [2.45, 2.75) is 26.8 Å². The van der Waals surface area contributed by atoms with Crippen molar-refractivity contribution in [3.8, 4) is 0 Å². The maximum atomic E-state index is 11.7. The molecule has 0 heterocycles. The normalized spacial score (nSPS) is 11.2. The van der Waals surface area contributed by atoms with Crippen LogP contribution < -0.4 is 16.4 Å². The van der Waals surface area contributed by atoms with E-state index < -0.39 is 6.04 Å². The van der Waals surface area contributed by atoms with Gasteiger partial charge in [-0.2, -0.15) is 0 Å². The van der Waals surface area contributed by atoms with Crippen LogP contribution in [0.2, 0.25) is 0 Å². The van der Waals surface area contributed by atoms with Crippen LogP contribution in [0.25, 0.3) is 0 Å². The lowest BCUT2D eigenvalue weighted by atomic mass is 10.1. The molecular weight excluding hydrogens is 266 g/mol. The highest BCUT2D eigenvalue weighted by molar-refractivity contribution is 5.96. The van der Waals surface area contributed by atoms with Gasteiger partial charge in [0.05, 0.1) is 12.6 Å². The number of carbonyl (C=O) groups excluding carboxylic acids is 2. The number of nitrogens with two attached hydrogens (primary N) is 1. The molecular formula is C13H20ClN3O2. The van der Waals surface area contributed by atoms with E-state index in [1.54, 1.807) is 6.92 Å². The molecule has 1 atom stereocenters. The number of nitrogens with one attached hydrogen (secondary N) is 2. The quantitative estimate of drug-likeness (QED) is 0.775. The fourth-order valence-corrected chi connectivity index (χ4v) is 1.52. The summed E-state index contributed by atoms with van der Waals surface area (Å²) in [6.45, 7) is 5.33. The van der Waals surface area contributed by atoms with E-state index in [9.17, 15) is 9.59 Å². The number of anilines is 1. The average Bonchev–Trinajstić information content (AvgIpc) is 2.30. The Morgan fingerprint density at radius 3 is 2.26 bits per heavy atom. The summed E-state index contributed by atoms with van der Waals surface area (Å²) in [6, 6.07) is 5.16. The molecule has 0 saturated heterocycles. The monoisotopic (exact) mass is 285 g/mol. The van der Waals surface area contributed by atoms with E-state index in [0.29, 0.717) is 0 Å². The molecule has 0 aliphatic heterocycles. The predicted molar refractivity (Wildman–Crippen MR) is 78.5 cm³/mol. The second-order valence-corrected chi connectivity index (χ2v) is 4.32. The van der Waals surface area contributed by atoms with Gasteiger partial charge in [0.15, 0.2) is 0 Å². The Balaban J connectivity index is 0.00000324. The first kappa shape index (κ1) is 17.4. The molecule has 0 bridgehead atoms. The minimum absolute atomic E-state index is 0. The van der Waals surface area contributed by atoms with Crippen molar-refractivity contribution in [2.75, 3.05) is 11.9 Å². The van der Waals surface area contributed by atoms with Gasteiger partial charge in [0, 0.05) is 5.69 Å². The minimum Gasteiger partial charge on any atom is -0.346 e. The van der Waals surface area contributed by atoms with Crippen LogP contribution in [0.1, 0.15) is 18.1 Å². The van der Waals surface area contributed by atoms with Crippen molar-refractivity contribution in [2.24, 2.45) is 5.73 Å². The van der Waals surface area contributed by atoms with Crippen LogP contribution in [0.3, 0.4) is 0 Å². The molecule has 1 rings (SSSR count). The Bertz CT molecular complexity index is 441. The Morgan fingerprint density at radius 2 is 1.79 bits per heavy atom. The highest BCUT2D eigenvalue weighted by Crippen LogP contribution is 2.18. The summed E-state index contributed by atoms with van der Waals surface area (Å²) in [5, 5.41) is 5.24. The number of para-hydroxylation sites is 1. The van der Waals surface area contributed by atoms with Crippen molar-refractivity contribution < 1.29 is 9.59 Å². The number of amides is 2. The molecule has 0 aliphatic rings. The zero-order valence-corrected chi connectivity index (χ0v) is 12.1. The fourth-order valence-electron chi connectivity index (χ4n) is 1.52. The van der Waals surface area contributed by atoms with E-state index in [2.05, 4.69) is 10.6 Å². The van der Waals surface area contributed by atoms with E-state index in [0.717, 1.165) is 16.8 Å². The minimum atomic E-state index is -0.613. The molecule has 1 unspecified atom stereocenters. The molecule has 0 saturated carbocycles. The molecule has 4 N–H and O–H groups in total. The number of halogens is 1. The number of carbonyl (C=O) groups is 2. The summed E-state index contributed by atoms with van der Waals surface area (Å²) < 4.78 is 0. The van der Waals surface area contributed by atoms with Crippen molar-refractivity contribution in [3.05, 3.63) is 29.3 Å². The maximum absolute atomic E-state index is 11.7. The molecule has 0 aromatic heterocycles. The summed E-state index contributed by atoms with van der Waals surface area (Å²) in [7, 11) is 0. The van der Waals surface area contributed by atoms with Crippen LogP contribution in [-0.2, 0) is 9.59 Å². The lowest BCUT2D eigenvalue weighted by molar-refractivity contribution is -0.124. The Morgan fingerprint density at radius 1 is 1.26 bits per heavy atom. The number of hydrogen-bond acceptors (Lipinski definition) is 3. The average molecular weight is 286 g/mol. The predicted octanol–water partition coefficient (Wildman–Crippen LogP) is 1.13. The summed E-state index contributed by atoms with van der Waals surface area (Å²) in [5.41, 5.74) is 8.14. The van der Waals surface area contributed by atoms with Gasteiger partial charge >= 0.3 is 0 Å². The second kappa shape index (κ2) is 7.76. The second-order valence-electron chi connectivity index (χ2n) is 4.32. The molecule has 5 nitrogen and oxygen atoms in total. The Kier molecular flexibility index (Phi) is 7.11. The zero-order valence-electron chi connectivity index (χ0n) is 11.3. The highest BCUT2D eigenvalue weighted by atomic mass is 35.5. The SMILES string of the molecule is Cc1cccc(C)c1NC(=O)CNC(=O)C(C)N.Cl. The zero-order chi connectivity index (χ0) is 13.7. The molecule has 0 fully saturated rings. The number of benzene rings is 1. The molecule has 0 spiro atoms. The number of aryl methyl sites for hydroxylation is 2. The number of rotatable bonds is 4. The molecule has 19 heavy (non-hydrogen) atoms. The van der Waals surface area contributed by atoms with Gasteiger partial charge in [-0.05, 0) is 31.9 Å². The van der Waals surface area contributed by atoms with Crippen LogP contribution in [0.5, 0.6) is 0 Å². The standard InChI is InChI=1S/C13H19N3O2.ClH/c1-8-5-4-6-9(2)12(8)16-11(17)7-15-13(18)10(3)14;/h4-6,10H,7,14H2,1-3H3,(H,15,18)(H,16,17);1H. The fraction of sp³-hybridized carbons (Fsp3) is 0.385. The van der Waals surface area contributed by atoms with Crippen LogP contribution in [0.4, 0.5) is 5.69 Å². The first-order chi connectivity index (χ1) is 8.41. The Hall–Kier alpha value is -1.59. The van der Waals surface area contributed by atoms with Crippen molar-refractivity contribution in [3.63, 3.8) is 0 Å². The smallest absolute Gasteiger partial charge is 0.243 e. The van der Waals surface area contributed by atoms with E-state index in [-0.39, 0.29) is 30.8 Å². The van der Waals surface area contributed by atoms with Crippen LogP contribution >= 0.6 is 12.4 Å². The lowest BCUT2D eigenvalue weighted by Crippen LogP contribution is -2.42. The molecule has 1 aromatic rings. The lowest BCUT2D eigenvalue weighted by Gasteiger charge is -2.12. The van der Waals surface area contributed by atoms with Gasteiger partial charge in [-0.25, -0.2) is 0 Å². The third-order valence-corrected chi connectivity index (χ3v) is 2.58. The van der Waals surface area contributed by atoms with E-state index in [1.807, 2.05) is 32.0 Å². The van der Waals surface area contributed by atoms with Crippen LogP contribution in [0, 0.1) is 13.8 Å². The van der Waals surface area contributed by atoms with Gasteiger partial charge in [0.2, 0.25) is 11.8 Å². The van der Waals surface area contributed by atoms with Gasteiger partial charge in [0.25, 0.3) is 0 Å². The van der Waals surface area contributed by atoms with Crippen molar-refractivity contribution in [1.29, 1.82) is 0 Å². The largest absolute Gasteiger partial charge is 0.346 e. The third-order valence-electron chi connectivity index (χ3n) is 2.58. The van der Waals surface area contributed by atoms with Gasteiger partial charge in [-0.3, -0.25) is 9.59 Å². The molecule has 1 aromatic carbocycles. The van der Waals surface area contributed by atoms with Gasteiger partial charge < -0.3 is 16.4 Å². The Labute approximate surface area is 119 Å². The first-order valence-corrected chi connectivity index (χ1v) is 5.81. The molecule has 6 heteroatoms. The van der Waals surface area contributed by atoms with E-state index in [4.69, 9.17) is 5.73 Å². The summed E-state index contributed by atoms with van der Waals surface area (Å²) in [4.78, 5) is 22.9. The summed E-state index contributed by atoms with van der Waals surface area (Å²) >= 11 is 0. The van der Waals surface area contributed by atoms with Crippen LogP contribution in [-0.4, -0.2) is 24.4 Å². The first-order valence-electron chi connectivity index (χ1n) is 5.81. The molecule has 106 valence electrons. The summed E-state index contributed by atoms with van der Waals surface area (Å²) in [5.74, 6) is -0.604. The number of hydrogen-bond donors (Lipinski definition) is 3. The highest BCUT2D eigenvalue weighted by Gasteiger charge is 2.10. The topological polar surface area (TPSA) is 84.2 Å². The molecule has 0 radical (unpaired) electrons. The van der Waals surface area contributed by atoms with Crippen molar-refractivity contribution in [1.82, 2.24) is 5.32 Å². The molecule has 2 amide bonds. The van der Waals surface area contributed by atoms with Crippen molar-refractivity contribution >= 4 is 29.9 Å². The van der Waals surface area contributed by atoms with Gasteiger partial charge in [0.1, 0.15) is 0 Å². The van der Waals surface area contributed by atoms with Gasteiger partial charge in [-0.15, -0.1) is 12.4 Å². The van der Waals surface area contributed by atoms with E-state index in [1.165, 1.54) is 0 Å². The summed E-state index contributed by atoms with van der Waals surface area (Å²) in [6.07, 6.45) is 0.